The zero-order valence-corrected chi connectivity index (χ0v) is 25.4. The number of amides is 1. The van der Waals surface area contributed by atoms with Crippen LogP contribution in [0.5, 0.6) is 0 Å². The SMILES string of the molecule is CC.[B]C1OC(CNC(=O)CCCCCCCCCCCCCCCCCCCCC)C(OC)C1OC. The minimum absolute atomic E-state index is 0.0739. The summed E-state index contributed by atoms with van der Waals surface area (Å²) in [4.78, 5) is 12.1. The minimum atomic E-state index is -0.522. The Kier molecular flexibility index (Phi) is 26.6. The zero-order valence-electron chi connectivity index (χ0n) is 25.4. The molecule has 1 rings (SSSR count). The van der Waals surface area contributed by atoms with Crippen LogP contribution in [0.2, 0.25) is 0 Å². The smallest absolute Gasteiger partial charge is 0.220 e. The molecule has 1 fully saturated rings. The van der Waals surface area contributed by atoms with E-state index in [1.54, 1.807) is 14.2 Å². The number of unbranched alkanes of at least 4 members (excludes halogenated alkanes) is 18. The Labute approximate surface area is 232 Å². The number of nitrogens with one attached hydrogen (secondary N) is 1. The van der Waals surface area contributed by atoms with E-state index < -0.39 is 6.00 Å². The molecule has 0 aromatic carbocycles. The average Bonchev–Trinajstić information content (AvgIpc) is 3.23. The molecule has 1 saturated heterocycles. The van der Waals surface area contributed by atoms with E-state index in [9.17, 15) is 4.79 Å². The van der Waals surface area contributed by atoms with Crippen molar-refractivity contribution >= 4 is 13.8 Å². The molecule has 2 radical (unpaired) electrons. The van der Waals surface area contributed by atoms with Crippen molar-refractivity contribution in [3.05, 3.63) is 0 Å². The number of carbonyl (C=O) groups excluding carboxylic acids is 1. The molecular formula is C31H62BNO4. The molecular weight excluding hydrogens is 461 g/mol. The highest BCUT2D eigenvalue weighted by atomic mass is 16.6. The van der Waals surface area contributed by atoms with Crippen LogP contribution in [-0.2, 0) is 19.0 Å². The second-order valence-corrected chi connectivity index (χ2v) is 10.5. The van der Waals surface area contributed by atoms with Crippen LogP contribution in [0.4, 0.5) is 0 Å². The van der Waals surface area contributed by atoms with E-state index in [2.05, 4.69) is 12.2 Å². The summed E-state index contributed by atoms with van der Waals surface area (Å²) in [5, 5.41) is 2.96. The highest BCUT2D eigenvalue weighted by Gasteiger charge is 2.42. The normalized spacial score (nSPS) is 21.0. The van der Waals surface area contributed by atoms with Crippen molar-refractivity contribution in [2.45, 2.75) is 174 Å². The van der Waals surface area contributed by atoms with Gasteiger partial charge in [0.25, 0.3) is 0 Å². The van der Waals surface area contributed by atoms with Gasteiger partial charge in [0.2, 0.25) is 5.91 Å². The molecule has 0 aliphatic carbocycles. The largest absolute Gasteiger partial charge is 0.377 e. The van der Waals surface area contributed by atoms with Gasteiger partial charge in [-0.2, -0.15) is 0 Å². The number of rotatable bonds is 24. The number of methoxy groups -OCH3 is 2. The number of hydrogen-bond acceptors (Lipinski definition) is 4. The van der Waals surface area contributed by atoms with Crippen molar-refractivity contribution in [1.29, 1.82) is 0 Å². The lowest BCUT2D eigenvalue weighted by molar-refractivity contribution is -0.122. The molecule has 4 unspecified atom stereocenters. The third-order valence-corrected chi connectivity index (χ3v) is 7.40. The van der Waals surface area contributed by atoms with Crippen LogP contribution in [0.1, 0.15) is 149 Å². The maximum Gasteiger partial charge on any atom is 0.220 e. The lowest BCUT2D eigenvalue weighted by Crippen LogP contribution is -2.41. The van der Waals surface area contributed by atoms with E-state index in [4.69, 9.17) is 22.1 Å². The molecule has 1 amide bonds. The van der Waals surface area contributed by atoms with Crippen LogP contribution in [0, 0.1) is 0 Å². The summed E-state index contributed by atoms with van der Waals surface area (Å²) in [6.45, 7) is 6.69. The fraction of sp³-hybridized carbons (Fsp3) is 0.968. The first-order valence-electron chi connectivity index (χ1n) is 15.9. The molecule has 1 aliphatic rings. The maximum atomic E-state index is 12.1. The molecule has 0 bridgehead atoms. The highest BCUT2D eigenvalue weighted by molar-refractivity contribution is 6.11. The van der Waals surface area contributed by atoms with E-state index in [0.29, 0.717) is 13.0 Å². The average molecular weight is 524 g/mol. The van der Waals surface area contributed by atoms with E-state index in [1.165, 1.54) is 109 Å². The lowest BCUT2D eigenvalue weighted by Gasteiger charge is -2.21. The van der Waals surface area contributed by atoms with E-state index in [0.717, 1.165) is 12.8 Å². The summed E-state index contributed by atoms with van der Waals surface area (Å²) in [6.07, 6.45) is 25.5. The molecule has 0 aromatic rings. The quantitative estimate of drug-likeness (QED) is 0.103. The van der Waals surface area contributed by atoms with Crippen LogP contribution < -0.4 is 5.32 Å². The zero-order chi connectivity index (χ0) is 27.6. The molecule has 218 valence electrons. The summed E-state index contributed by atoms with van der Waals surface area (Å²) in [5.74, 6) is 0.0739. The van der Waals surface area contributed by atoms with Crippen LogP contribution >= 0.6 is 0 Å². The fourth-order valence-electron chi connectivity index (χ4n) is 5.14. The number of hydrogen-bond donors (Lipinski definition) is 1. The first kappa shape index (κ1) is 36.4. The predicted octanol–water partition coefficient (Wildman–Crippen LogP) is 7.87. The summed E-state index contributed by atoms with van der Waals surface area (Å²) in [5.41, 5.74) is 0. The van der Waals surface area contributed by atoms with Gasteiger partial charge >= 0.3 is 0 Å². The Morgan fingerprint density at radius 1 is 0.676 bits per heavy atom. The lowest BCUT2D eigenvalue weighted by atomic mass is 9.93. The number of carbonyl (C=O) groups is 1. The molecule has 4 atom stereocenters. The van der Waals surface area contributed by atoms with Crippen molar-refractivity contribution in [3.63, 3.8) is 0 Å². The molecule has 1 heterocycles. The van der Waals surface area contributed by atoms with Gasteiger partial charge in [0.05, 0.1) is 0 Å². The first-order valence-corrected chi connectivity index (χ1v) is 15.9. The second kappa shape index (κ2) is 27.0. The van der Waals surface area contributed by atoms with Gasteiger partial charge in [0, 0.05) is 33.2 Å². The standard InChI is InChI=1S/C29H56BNO4.C2H6/c1-4-5-6-7-8-9-10-11-12-13-14-15-16-17-18-19-20-21-22-23-26(32)31-24-25-27(33-2)28(34-3)29(30)35-25;1-2/h25,27-29H,4-24H2,1-3H3,(H,31,32);1-2H3. The monoisotopic (exact) mass is 523 g/mol. The van der Waals surface area contributed by atoms with Gasteiger partial charge in [-0.25, -0.2) is 0 Å². The molecule has 6 heteroatoms. The Morgan fingerprint density at radius 2 is 1.05 bits per heavy atom. The summed E-state index contributed by atoms with van der Waals surface area (Å²) < 4.78 is 16.5. The van der Waals surface area contributed by atoms with Crippen molar-refractivity contribution in [1.82, 2.24) is 5.32 Å². The molecule has 1 N–H and O–H groups in total. The summed E-state index contributed by atoms with van der Waals surface area (Å²) >= 11 is 0. The van der Waals surface area contributed by atoms with E-state index in [-0.39, 0.29) is 24.2 Å². The van der Waals surface area contributed by atoms with Crippen LogP contribution in [-0.4, -0.2) is 58.8 Å². The molecule has 1 aliphatic heterocycles. The molecule has 37 heavy (non-hydrogen) atoms. The third kappa shape index (κ3) is 19.2. The summed E-state index contributed by atoms with van der Waals surface area (Å²) in [7, 11) is 9.14. The van der Waals surface area contributed by atoms with Gasteiger partial charge in [-0.05, 0) is 6.42 Å². The Balaban J connectivity index is 0.00000631. The Hall–Kier alpha value is -0.585. The number of ether oxygens (including phenoxy) is 3. The molecule has 0 aromatic heterocycles. The fourth-order valence-corrected chi connectivity index (χ4v) is 5.14. The van der Waals surface area contributed by atoms with Gasteiger partial charge < -0.3 is 19.5 Å². The second-order valence-electron chi connectivity index (χ2n) is 10.5. The van der Waals surface area contributed by atoms with Crippen LogP contribution in [0.15, 0.2) is 0 Å². The Morgan fingerprint density at radius 3 is 1.43 bits per heavy atom. The summed E-state index contributed by atoms with van der Waals surface area (Å²) in [6, 6.07) is -0.522. The topological polar surface area (TPSA) is 56.8 Å². The van der Waals surface area contributed by atoms with Crippen LogP contribution in [0.25, 0.3) is 0 Å². The first-order chi connectivity index (χ1) is 18.1. The predicted molar refractivity (Wildman–Crippen MR) is 158 cm³/mol. The van der Waals surface area contributed by atoms with Gasteiger partial charge in [-0.3, -0.25) is 4.79 Å². The van der Waals surface area contributed by atoms with Crippen molar-refractivity contribution in [2.75, 3.05) is 20.8 Å². The van der Waals surface area contributed by atoms with E-state index in [1.807, 2.05) is 13.8 Å². The maximum absolute atomic E-state index is 12.1. The van der Waals surface area contributed by atoms with Gasteiger partial charge in [0.1, 0.15) is 26.2 Å². The third-order valence-electron chi connectivity index (χ3n) is 7.40. The molecule has 5 nitrogen and oxygen atoms in total. The minimum Gasteiger partial charge on any atom is -0.377 e. The van der Waals surface area contributed by atoms with Crippen molar-refractivity contribution in [3.8, 4) is 0 Å². The van der Waals surface area contributed by atoms with Crippen molar-refractivity contribution < 1.29 is 19.0 Å². The van der Waals surface area contributed by atoms with Gasteiger partial charge in [-0.1, -0.05) is 136 Å². The van der Waals surface area contributed by atoms with Crippen LogP contribution in [0.3, 0.4) is 0 Å². The molecule has 0 spiro atoms. The molecule has 0 saturated carbocycles. The van der Waals surface area contributed by atoms with Crippen molar-refractivity contribution in [2.24, 2.45) is 0 Å². The Bertz CT molecular complexity index is 494. The van der Waals surface area contributed by atoms with Gasteiger partial charge in [0.15, 0.2) is 0 Å². The highest BCUT2D eigenvalue weighted by Crippen LogP contribution is 2.23. The van der Waals surface area contributed by atoms with Gasteiger partial charge in [-0.15, -0.1) is 0 Å². The van der Waals surface area contributed by atoms with E-state index >= 15 is 0 Å².